The van der Waals surface area contributed by atoms with Gasteiger partial charge in [0.1, 0.15) is 6.04 Å². The Balaban J connectivity index is 1.46. The van der Waals surface area contributed by atoms with Gasteiger partial charge >= 0.3 is 0 Å². The highest BCUT2D eigenvalue weighted by atomic mass is 16.5. The van der Waals surface area contributed by atoms with Crippen molar-refractivity contribution in [2.75, 3.05) is 5.32 Å². The van der Waals surface area contributed by atoms with E-state index in [1.54, 1.807) is 0 Å². The van der Waals surface area contributed by atoms with Crippen molar-refractivity contribution < 1.29 is 9.53 Å². The first kappa shape index (κ1) is 13.2. The number of hydrazine groups is 1. The third-order valence-corrected chi connectivity index (χ3v) is 4.94. The van der Waals surface area contributed by atoms with Crippen molar-refractivity contribution in [2.24, 2.45) is 5.92 Å². The molecule has 0 spiro atoms. The number of hydrogen-bond acceptors (Lipinski definition) is 4. The quantitative estimate of drug-likeness (QED) is 0.774. The molecule has 4 rings (SSSR count). The van der Waals surface area contributed by atoms with Gasteiger partial charge < -0.3 is 10.1 Å². The normalized spacial score (nSPS) is 30.8. The first-order valence-electron chi connectivity index (χ1n) is 7.83. The zero-order chi connectivity index (χ0) is 14.2. The molecule has 1 saturated carbocycles. The molecule has 2 heterocycles. The van der Waals surface area contributed by atoms with Crippen LogP contribution in [-0.2, 0) is 22.7 Å². The Kier molecular flexibility index (Phi) is 3.41. The van der Waals surface area contributed by atoms with Crippen molar-refractivity contribution in [2.45, 2.75) is 51.0 Å². The van der Waals surface area contributed by atoms with E-state index in [4.69, 9.17) is 4.74 Å². The fraction of sp³-hybridized carbons (Fsp3) is 0.562. The highest BCUT2D eigenvalue weighted by Gasteiger charge is 2.40. The number of amides is 1. The van der Waals surface area contributed by atoms with Crippen LogP contribution in [0.5, 0.6) is 0 Å². The summed E-state index contributed by atoms with van der Waals surface area (Å²) in [5.41, 5.74) is 9.74. The highest BCUT2D eigenvalue weighted by molar-refractivity contribution is 5.95. The Morgan fingerprint density at radius 3 is 2.95 bits per heavy atom. The van der Waals surface area contributed by atoms with E-state index in [2.05, 4.69) is 16.2 Å². The van der Waals surface area contributed by atoms with Crippen LogP contribution in [0.15, 0.2) is 18.2 Å². The van der Waals surface area contributed by atoms with Crippen LogP contribution in [0.1, 0.15) is 36.8 Å². The first-order valence-corrected chi connectivity index (χ1v) is 7.83. The van der Waals surface area contributed by atoms with Crippen LogP contribution < -0.4 is 16.2 Å². The number of nitrogens with one attached hydrogen (secondary N) is 3. The Morgan fingerprint density at radius 1 is 1.14 bits per heavy atom. The topological polar surface area (TPSA) is 62.4 Å². The van der Waals surface area contributed by atoms with Crippen molar-refractivity contribution in [3.05, 3.63) is 29.3 Å². The molecule has 1 aromatic rings. The molecule has 0 radical (unpaired) electrons. The summed E-state index contributed by atoms with van der Waals surface area (Å²) in [6.07, 6.45) is 4.78. The summed E-state index contributed by atoms with van der Waals surface area (Å²) in [6, 6.07) is 6.36. The summed E-state index contributed by atoms with van der Waals surface area (Å²) >= 11 is 0. The smallest absolute Gasteiger partial charge is 0.243 e. The fourth-order valence-electron chi connectivity index (χ4n) is 3.77. The molecule has 5 nitrogen and oxygen atoms in total. The van der Waals surface area contributed by atoms with E-state index in [0.29, 0.717) is 25.2 Å². The van der Waals surface area contributed by atoms with Gasteiger partial charge in [0.25, 0.3) is 0 Å². The maximum atomic E-state index is 12.5. The second-order valence-electron chi connectivity index (χ2n) is 6.29. The number of fused-ring (bicyclic) bond motifs is 2. The van der Waals surface area contributed by atoms with Gasteiger partial charge in [-0.3, -0.25) is 10.2 Å². The second-order valence-corrected chi connectivity index (χ2v) is 6.29. The lowest BCUT2D eigenvalue weighted by Crippen LogP contribution is -2.42. The standard InChI is InChI=1S/C16H21N3O2/c20-16(15-13-3-1-2-4-14(13)18-19-15)17-12-6-5-10-8-21-9-11(10)7-12/h5-7,13-15,18-19H,1-4,8-9H2,(H,17,20). The molecule has 3 aliphatic rings. The van der Waals surface area contributed by atoms with Gasteiger partial charge in [0.15, 0.2) is 0 Å². The molecule has 5 heteroatoms. The SMILES string of the molecule is O=C(Nc1ccc2c(c1)COC2)C1NNC2CCCCC21. The van der Waals surface area contributed by atoms with Gasteiger partial charge in [-0.2, -0.15) is 0 Å². The minimum absolute atomic E-state index is 0.0655. The van der Waals surface area contributed by atoms with Gasteiger partial charge in [0.05, 0.1) is 13.2 Å². The Bertz CT molecular complexity index is 560. The summed E-state index contributed by atoms with van der Waals surface area (Å²) in [5.74, 6) is 0.479. The lowest BCUT2D eigenvalue weighted by atomic mass is 9.81. The summed E-state index contributed by atoms with van der Waals surface area (Å²) in [7, 11) is 0. The van der Waals surface area contributed by atoms with Crippen molar-refractivity contribution in [1.29, 1.82) is 0 Å². The third-order valence-electron chi connectivity index (χ3n) is 4.94. The molecule has 112 valence electrons. The predicted molar refractivity (Wildman–Crippen MR) is 79.4 cm³/mol. The number of rotatable bonds is 2. The molecular formula is C16H21N3O2. The lowest BCUT2D eigenvalue weighted by molar-refractivity contribution is -0.118. The molecule has 1 saturated heterocycles. The maximum Gasteiger partial charge on any atom is 0.243 e. The molecule has 3 atom stereocenters. The van der Waals surface area contributed by atoms with Crippen LogP contribution in [0.3, 0.4) is 0 Å². The van der Waals surface area contributed by atoms with Crippen LogP contribution in [0.4, 0.5) is 5.69 Å². The van der Waals surface area contributed by atoms with Gasteiger partial charge in [0, 0.05) is 17.6 Å². The third kappa shape index (κ3) is 2.46. The van der Waals surface area contributed by atoms with Crippen molar-refractivity contribution in [1.82, 2.24) is 10.9 Å². The fourth-order valence-corrected chi connectivity index (χ4v) is 3.77. The van der Waals surface area contributed by atoms with Gasteiger partial charge in [0.2, 0.25) is 5.91 Å². The predicted octanol–water partition coefficient (Wildman–Crippen LogP) is 1.69. The van der Waals surface area contributed by atoms with Crippen molar-refractivity contribution >= 4 is 11.6 Å². The maximum absolute atomic E-state index is 12.5. The molecule has 1 amide bonds. The van der Waals surface area contributed by atoms with Crippen LogP contribution in [-0.4, -0.2) is 18.0 Å². The number of hydrogen-bond donors (Lipinski definition) is 3. The number of benzene rings is 1. The van der Waals surface area contributed by atoms with E-state index in [1.807, 2.05) is 18.2 Å². The minimum atomic E-state index is -0.125. The molecule has 1 aliphatic carbocycles. The summed E-state index contributed by atoms with van der Waals surface area (Å²) in [5, 5.41) is 3.05. The van der Waals surface area contributed by atoms with E-state index in [9.17, 15) is 4.79 Å². The second kappa shape index (κ2) is 5.40. The van der Waals surface area contributed by atoms with Crippen LogP contribution in [0, 0.1) is 5.92 Å². The molecule has 2 fully saturated rings. The molecule has 0 aromatic heterocycles. The number of ether oxygens (including phenoxy) is 1. The van der Waals surface area contributed by atoms with E-state index in [-0.39, 0.29) is 11.9 Å². The monoisotopic (exact) mass is 287 g/mol. The molecule has 0 bridgehead atoms. The van der Waals surface area contributed by atoms with Gasteiger partial charge in [-0.05, 0) is 36.1 Å². The average molecular weight is 287 g/mol. The first-order chi connectivity index (χ1) is 10.3. The summed E-state index contributed by atoms with van der Waals surface area (Å²) < 4.78 is 5.41. The largest absolute Gasteiger partial charge is 0.372 e. The van der Waals surface area contributed by atoms with E-state index < -0.39 is 0 Å². The Labute approximate surface area is 124 Å². The van der Waals surface area contributed by atoms with Crippen molar-refractivity contribution in [3.8, 4) is 0 Å². The van der Waals surface area contributed by atoms with Crippen LogP contribution >= 0.6 is 0 Å². The number of anilines is 1. The average Bonchev–Trinajstić information content (AvgIpc) is 3.13. The highest BCUT2D eigenvalue weighted by Crippen LogP contribution is 2.31. The summed E-state index contributed by atoms with van der Waals surface area (Å²) in [4.78, 5) is 12.5. The molecule has 21 heavy (non-hydrogen) atoms. The summed E-state index contributed by atoms with van der Waals surface area (Å²) in [6.45, 7) is 1.33. The number of carbonyl (C=O) groups is 1. The molecular weight excluding hydrogens is 266 g/mol. The molecule has 2 aliphatic heterocycles. The number of carbonyl (C=O) groups excluding carboxylic acids is 1. The van der Waals surface area contributed by atoms with Gasteiger partial charge in [-0.15, -0.1) is 0 Å². The zero-order valence-corrected chi connectivity index (χ0v) is 12.0. The van der Waals surface area contributed by atoms with E-state index in [0.717, 1.165) is 18.5 Å². The van der Waals surface area contributed by atoms with E-state index >= 15 is 0 Å². The van der Waals surface area contributed by atoms with Gasteiger partial charge in [-0.1, -0.05) is 18.9 Å². The molecule has 3 unspecified atom stereocenters. The Hall–Kier alpha value is -1.43. The zero-order valence-electron chi connectivity index (χ0n) is 12.0. The molecule has 3 N–H and O–H groups in total. The van der Waals surface area contributed by atoms with Crippen molar-refractivity contribution in [3.63, 3.8) is 0 Å². The minimum Gasteiger partial charge on any atom is -0.372 e. The van der Waals surface area contributed by atoms with Crippen LogP contribution in [0.25, 0.3) is 0 Å². The van der Waals surface area contributed by atoms with Crippen LogP contribution in [0.2, 0.25) is 0 Å². The van der Waals surface area contributed by atoms with Gasteiger partial charge in [-0.25, -0.2) is 5.43 Å². The lowest BCUT2D eigenvalue weighted by Gasteiger charge is -2.26. The van der Waals surface area contributed by atoms with E-state index in [1.165, 1.54) is 24.0 Å². The Morgan fingerprint density at radius 2 is 2.00 bits per heavy atom. The molecule has 1 aromatic carbocycles.